The molecule has 1 N–H and O–H groups in total. The molecule has 1 aromatic carbocycles. The molecule has 11 heteroatoms. The number of sulfonamides is 1. The Morgan fingerprint density at radius 2 is 2.08 bits per heavy atom. The molecular formula is C15H16N4O5S2. The average Bonchev–Trinajstić information content (AvgIpc) is 3.16. The number of rotatable bonds is 6. The van der Waals surface area contributed by atoms with Crippen molar-refractivity contribution in [3.8, 4) is 0 Å². The summed E-state index contributed by atoms with van der Waals surface area (Å²) in [4.78, 5) is 11.1. The molecule has 3 rings (SSSR count). The van der Waals surface area contributed by atoms with E-state index < -0.39 is 14.9 Å². The highest BCUT2D eigenvalue weighted by Crippen LogP contribution is 2.29. The van der Waals surface area contributed by atoms with E-state index in [9.17, 15) is 18.5 Å². The maximum atomic E-state index is 12.9. The van der Waals surface area contributed by atoms with Crippen LogP contribution in [0.25, 0.3) is 0 Å². The van der Waals surface area contributed by atoms with Gasteiger partial charge in [0.25, 0.3) is 5.69 Å². The van der Waals surface area contributed by atoms with Gasteiger partial charge in [-0.3, -0.25) is 15.5 Å². The number of hydrogen-bond donors (Lipinski definition) is 1. The van der Waals surface area contributed by atoms with Gasteiger partial charge in [-0.25, -0.2) is 8.42 Å². The monoisotopic (exact) mass is 396 g/mol. The van der Waals surface area contributed by atoms with Crippen LogP contribution < -0.4 is 5.43 Å². The van der Waals surface area contributed by atoms with Gasteiger partial charge in [0.2, 0.25) is 10.0 Å². The zero-order valence-corrected chi connectivity index (χ0v) is 15.2. The topological polar surface area (TPSA) is 114 Å². The lowest BCUT2D eigenvalue weighted by Gasteiger charge is -2.26. The molecule has 26 heavy (non-hydrogen) atoms. The molecule has 2 aromatic rings. The quantitative estimate of drug-likeness (QED) is 0.454. The van der Waals surface area contributed by atoms with Crippen molar-refractivity contribution in [3.05, 3.63) is 50.7 Å². The zero-order valence-electron chi connectivity index (χ0n) is 13.6. The summed E-state index contributed by atoms with van der Waals surface area (Å²) in [6, 6.07) is 7.36. The van der Waals surface area contributed by atoms with Crippen LogP contribution in [0, 0.1) is 10.1 Å². The number of hydrogen-bond acceptors (Lipinski definition) is 8. The molecule has 0 atom stereocenters. The Balaban J connectivity index is 1.94. The van der Waals surface area contributed by atoms with Gasteiger partial charge in [-0.1, -0.05) is 6.07 Å². The first-order valence-electron chi connectivity index (χ1n) is 7.67. The SMILES string of the molecule is O=[N+]([O-])c1ccc(N/N=C\c2cccs2)c(S(=O)(=O)N2CCOCC2)c1. The molecule has 1 fully saturated rings. The van der Waals surface area contributed by atoms with Crippen molar-refractivity contribution in [3.63, 3.8) is 0 Å². The Kier molecular flexibility index (Phi) is 5.61. The van der Waals surface area contributed by atoms with E-state index in [0.29, 0.717) is 0 Å². The summed E-state index contributed by atoms with van der Waals surface area (Å²) in [6.45, 7) is 0.965. The second-order valence-corrected chi connectivity index (χ2v) is 8.23. The molecule has 1 aliphatic rings. The van der Waals surface area contributed by atoms with Gasteiger partial charge in [0, 0.05) is 30.1 Å². The number of ether oxygens (including phenoxy) is 1. The van der Waals surface area contributed by atoms with E-state index in [1.165, 1.54) is 27.8 Å². The normalized spacial score (nSPS) is 16.0. The van der Waals surface area contributed by atoms with Crippen LogP contribution in [0.1, 0.15) is 4.88 Å². The fourth-order valence-corrected chi connectivity index (χ4v) is 4.54. The average molecular weight is 396 g/mol. The first-order valence-corrected chi connectivity index (χ1v) is 9.99. The number of nitrogens with one attached hydrogen (secondary N) is 1. The van der Waals surface area contributed by atoms with Gasteiger partial charge in [-0.05, 0) is 17.5 Å². The summed E-state index contributed by atoms with van der Waals surface area (Å²) in [7, 11) is -3.92. The van der Waals surface area contributed by atoms with E-state index in [-0.39, 0.29) is 42.6 Å². The number of hydrazone groups is 1. The van der Waals surface area contributed by atoms with E-state index in [2.05, 4.69) is 10.5 Å². The molecule has 0 unspecified atom stereocenters. The van der Waals surface area contributed by atoms with Gasteiger partial charge in [-0.15, -0.1) is 11.3 Å². The second-order valence-electron chi connectivity index (χ2n) is 5.34. The summed E-state index contributed by atoms with van der Waals surface area (Å²) in [5.74, 6) is 0. The molecule has 0 bridgehead atoms. The van der Waals surface area contributed by atoms with Crippen LogP contribution in [-0.4, -0.2) is 50.2 Å². The fourth-order valence-electron chi connectivity index (χ4n) is 2.39. The number of thiophene rings is 1. The number of nitro benzene ring substituents is 1. The third-order valence-electron chi connectivity index (χ3n) is 3.68. The lowest BCUT2D eigenvalue weighted by atomic mass is 10.3. The van der Waals surface area contributed by atoms with Gasteiger partial charge in [0.15, 0.2) is 0 Å². The van der Waals surface area contributed by atoms with E-state index in [1.807, 2.05) is 17.5 Å². The molecule has 0 spiro atoms. The third kappa shape index (κ3) is 4.07. The summed E-state index contributed by atoms with van der Waals surface area (Å²) in [6.07, 6.45) is 1.55. The zero-order chi connectivity index (χ0) is 18.6. The Bertz CT molecular complexity index is 906. The fraction of sp³-hybridized carbons (Fsp3) is 0.267. The predicted octanol–water partition coefficient (Wildman–Crippen LogP) is 2.12. The van der Waals surface area contributed by atoms with Gasteiger partial charge in [0.05, 0.1) is 30.0 Å². The Morgan fingerprint density at radius 3 is 2.73 bits per heavy atom. The highest BCUT2D eigenvalue weighted by atomic mass is 32.2. The van der Waals surface area contributed by atoms with Crippen molar-refractivity contribution in [2.75, 3.05) is 31.7 Å². The highest BCUT2D eigenvalue weighted by molar-refractivity contribution is 7.89. The van der Waals surface area contributed by atoms with Crippen molar-refractivity contribution in [1.82, 2.24) is 4.31 Å². The van der Waals surface area contributed by atoms with E-state index in [0.717, 1.165) is 10.9 Å². The van der Waals surface area contributed by atoms with Crippen LogP contribution in [0.4, 0.5) is 11.4 Å². The molecule has 2 heterocycles. The van der Waals surface area contributed by atoms with Crippen molar-refractivity contribution in [1.29, 1.82) is 0 Å². The first kappa shape index (κ1) is 18.5. The van der Waals surface area contributed by atoms with Crippen LogP contribution >= 0.6 is 11.3 Å². The van der Waals surface area contributed by atoms with Crippen LogP contribution in [0.15, 0.2) is 45.7 Å². The summed E-state index contributed by atoms with van der Waals surface area (Å²) >= 11 is 1.48. The predicted molar refractivity (Wildman–Crippen MR) is 98.2 cm³/mol. The second kappa shape index (κ2) is 7.91. The summed E-state index contributed by atoms with van der Waals surface area (Å²) < 4.78 is 32.3. The van der Waals surface area contributed by atoms with Crippen LogP contribution in [0.2, 0.25) is 0 Å². The smallest absolute Gasteiger partial charge is 0.270 e. The number of non-ortho nitro benzene ring substituents is 1. The lowest BCUT2D eigenvalue weighted by Crippen LogP contribution is -2.40. The van der Waals surface area contributed by atoms with Gasteiger partial charge >= 0.3 is 0 Å². The number of nitrogens with zero attached hydrogens (tertiary/aromatic N) is 3. The van der Waals surface area contributed by atoms with Crippen molar-refractivity contribution < 1.29 is 18.1 Å². The molecule has 1 saturated heterocycles. The molecular weight excluding hydrogens is 380 g/mol. The van der Waals surface area contributed by atoms with Crippen molar-refractivity contribution >= 4 is 38.9 Å². The molecule has 0 aliphatic carbocycles. The largest absolute Gasteiger partial charge is 0.379 e. The minimum absolute atomic E-state index is 0.176. The molecule has 1 aromatic heterocycles. The first-order chi connectivity index (χ1) is 12.5. The Labute approximate surface area is 154 Å². The number of nitro groups is 1. The van der Waals surface area contributed by atoms with Crippen LogP contribution in [0.3, 0.4) is 0 Å². The number of benzene rings is 1. The van der Waals surface area contributed by atoms with Crippen LogP contribution in [-0.2, 0) is 14.8 Å². The highest BCUT2D eigenvalue weighted by Gasteiger charge is 2.30. The van der Waals surface area contributed by atoms with Gasteiger partial charge < -0.3 is 4.74 Å². The standard InChI is InChI=1S/C15H16N4O5S2/c20-19(21)12-3-4-14(17-16-11-13-2-1-9-25-13)15(10-12)26(22,23)18-5-7-24-8-6-18/h1-4,9-11,17H,5-8H2/b16-11-. The van der Waals surface area contributed by atoms with E-state index in [4.69, 9.17) is 4.74 Å². The molecule has 0 amide bonds. The maximum absolute atomic E-state index is 12.9. The molecule has 138 valence electrons. The van der Waals surface area contributed by atoms with Gasteiger partial charge in [0.1, 0.15) is 4.90 Å². The minimum atomic E-state index is -3.92. The molecule has 1 aliphatic heterocycles. The number of anilines is 1. The maximum Gasteiger partial charge on any atom is 0.270 e. The van der Waals surface area contributed by atoms with Gasteiger partial charge in [-0.2, -0.15) is 9.41 Å². The Morgan fingerprint density at radius 1 is 1.31 bits per heavy atom. The molecule has 0 saturated carbocycles. The lowest BCUT2D eigenvalue weighted by molar-refractivity contribution is -0.385. The van der Waals surface area contributed by atoms with Crippen molar-refractivity contribution in [2.24, 2.45) is 5.10 Å². The molecule has 9 nitrogen and oxygen atoms in total. The number of morpholine rings is 1. The third-order valence-corrected chi connectivity index (χ3v) is 6.43. The minimum Gasteiger partial charge on any atom is -0.379 e. The van der Waals surface area contributed by atoms with Crippen LogP contribution in [0.5, 0.6) is 0 Å². The van der Waals surface area contributed by atoms with E-state index in [1.54, 1.807) is 6.21 Å². The van der Waals surface area contributed by atoms with Crippen molar-refractivity contribution in [2.45, 2.75) is 4.90 Å². The van der Waals surface area contributed by atoms with E-state index >= 15 is 0 Å². The molecule has 0 radical (unpaired) electrons. The Hall–Kier alpha value is -2.34. The summed E-state index contributed by atoms with van der Waals surface area (Å²) in [5, 5.41) is 17.0. The summed E-state index contributed by atoms with van der Waals surface area (Å²) in [5.41, 5.74) is 2.55.